The van der Waals surface area contributed by atoms with Crippen LogP contribution in [0.15, 0.2) is 60.8 Å². The first-order valence-corrected chi connectivity index (χ1v) is 19.5. The Morgan fingerprint density at radius 2 is 1.67 bits per heavy atom. The average Bonchev–Trinajstić information content (AvgIpc) is 3.66. The van der Waals surface area contributed by atoms with Crippen LogP contribution in [0.3, 0.4) is 0 Å². The molecule has 5 aromatic rings. The van der Waals surface area contributed by atoms with E-state index in [0.29, 0.717) is 5.92 Å². The minimum atomic E-state index is -0.387. The van der Waals surface area contributed by atoms with Gasteiger partial charge >= 0.3 is 6.09 Å². The number of nitrogens with zero attached hydrogens (tertiary/aromatic N) is 7. The van der Waals surface area contributed by atoms with Crippen molar-refractivity contribution in [1.29, 1.82) is 0 Å². The lowest BCUT2D eigenvalue weighted by Gasteiger charge is -2.37. The minimum absolute atomic E-state index is 0.164. The van der Waals surface area contributed by atoms with Crippen LogP contribution >= 0.6 is 0 Å². The number of nitrogens with one attached hydrogen (secondary N) is 1. The van der Waals surface area contributed by atoms with E-state index in [9.17, 15) is 4.79 Å². The SMILES string of the molecule is CC(C)(C)OC(=O)N1CCNCC1.Cc1nnn(C)c1-c1cnc2c3cc(N4C[C@@H](C)O[C@@H](C)C4)ccc3n([C@H](c3ccccc3)C3CCOCC3)c2c1. The van der Waals surface area contributed by atoms with Gasteiger partial charge in [-0.1, -0.05) is 35.5 Å². The molecule has 3 fully saturated rings. The van der Waals surface area contributed by atoms with Gasteiger partial charge in [0.15, 0.2) is 0 Å². The van der Waals surface area contributed by atoms with E-state index < -0.39 is 0 Å². The molecule has 3 aliphatic heterocycles. The van der Waals surface area contributed by atoms with Gasteiger partial charge in [0.1, 0.15) is 5.60 Å². The number of aryl methyl sites for hydroxylation is 2. The largest absolute Gasteiger partial charge is 0.444 e. The number of ether oxygens (including phenoxy) is 3. The maximum absolute atomic E-state index is 11.5. The summed E-state index contributed by atoms with van der Waals surface area (Å²) in [4.78, 5) is 20.8. The highest BCUT2D eigenvalue weighted by Crippen LogP contribution is 2.42. The number of amides is 1. The number of aromatic nitrogens is 5. The average molecular weight is 737 g/mol. The Balaban J connectivity index is 0.000000295. The summed E-state index contributed by atoms with van der Waals surface area (Å²) >= 11 is 0. The third-order valence-corrected chi connectivity index (χ3v) is 10.6. The van der Waals surface area contributed by atoms with E-state index in [1.807, 2.05) is 45.6 Å². The fourth-order valence-corrected chi connectivity index (χ4v) is 8.26. The zero-order valence-electron chi connectivity index (χ0n) is 32.9. The van der Waals surface area contributed by atoms with Gasteiger partial charge in [0.2, 0.25) is 0 Å². The molecule has 2 aromatic carbocycles. The number of pyridine rings is 1. The molecule has 12 nitrogen and oxygen atoms in total. The Morgan fingerprint density at radius 1 is 0.963 bits per heavy atom. The van der Waals surface area contributed by atoms with E-state index in [4.69, 9.17) is 19.2 Å². The van der Waals surface area contributed by atoms with Gasteiger partial charge in [-0.2, -0.15) is 0 Å². The molecule has 288 valence electrons. The molecule has 0 unspecified atom stereocenters. The van der Waals surface area contributed by atoms with Crippen molar-refractivity contribution in [3.05, 3.63) is 72.1 Å². The van der Waals surface area contributed by atoms with Crippen LogP contribution in [0.1, 0.15) is 64.8 Å². The molecule has 3 aliphatic rings. The Morgan fingerprint density at radius 3 is 2.31 bits per heavy atom. The van der Waals surface area contributed by atoms with Crippen molar-refractivity contribution in [2.24, 2.45) is 13.0 Å². The molecule has 12 heteroatoms. The van der Waals surface area contributed by atoms with E-state index in [1.165, 1.54) is 22.2 Å². The summed E-state index contributed by atoms with van der Waals surface area (Å²) in [5.74, 6) is 0.453. The third kappa shape index (κ3) is 8.25. The van der Waals surface area contributed by atoms with Crippen LogP contribution in [0.4, 0.5) is 10.5 Å². The molecule has 1 amide bonds. The van der Waals surface area contributed by atoms with E-state index in [2.05, 4.69) is 93.5 Å². The van der Waals surface area contributed by atoms with Gasteiger partial charge in [-0.05, 0) is 90.1 Å². The van der Waals surface area contributed by atoms with E-state index >= 15 is 0 Å². The summed E-state index contributed by atoms with van der Waals surface area (Å²) in [6, 6.07) is 20.3. The zero-order valence-corrected chi connectivity index (χ0v) is 32.9. The maximum atomic E-state index is 11.5. The maximum Gasteiger partial charge on any atom is 0.410 e. The molecule has 0 radical (unpaired) electrons. The van der Waals surface area contributed by atoms with Crippen molar-refractivity contribution >= 4 is 33.7 Å². The monoisotopic (exact) mass is 736 g/mol. The second kappa shape index (κ2) is 16.1. The summed E-state index contributed by atoms with van der Waals surface area (Å²) < 4.78 is 21.5. The van der Waals surface area contributed by atoms with Gasteiger partial charge in [-0.25, -0.2) is 9.48 Å². The number of hydrogen-bond donors (Lipinski definition) is 1. The first-order chi connectivity index (χ1) is 26.0. The molecule has 0 saturated carbocycles. The van der Waals surface area contributed by atoms with Crippen LogP contribution < -0.4 is 10.2 Å². The van der Waals surface area contributed by atoms with Gasteiger partial charge in [0, 0.05) is 82.4 Å². The number of fused-ring (bicyclic) bond motifs is 3. The molecule has 6 heterocycles. The molecule has 3 atom stereocenters. The number of piperazine rings is 1. The van der Waals surface area contributed by atoms with Crippen molar-refractivity contribution in [3.8, 4) is 11.3 Å². The summed E-state index contributed by atoms with van der Waals surface area (Å²) in [5.41, 5.74) is 8.46. The number of carbonyl (C=O) groups is 1. The second-order valence-electron chi connectivity index (χ2n) is 16.0. The van der Waals surface area contributed by atoms with Crippen LogP contribution in [0.2, 0.25) is 0 Å². The lowest BCUT2D eigenvalue weighted by molar-refractivity contribution is -0.00522. The van der Waals surface area contributed by atoms with Crippen LogP contribution in [0.5, 0.6) is 0 Å². The van der Waals surface area contributed by atoms with Gasteiger partial charge in [0.05, 0.1) is 46.2 Å². The second-order valence-corrected chi connectivity index (χ2v) is 16.0. The smallest absolute Gasteiger partial charge is 0.410 e. The van der Waals surface area contributed by atoms with Gasteiger partial charge in [0.25, 0.3) is 0 Å². The lowest BCUT2D eigenvalue weighted by Crippen LogP contribution is -2.48. The van der Waals surface area contributed by atoms with Crippen LogP contribution in [-0.2, 0) is 21.3 Å². The van der Waals surface area contributed by atoms with Crippen molar-refractivity contribution in [2.75, 3.05) is 57.4 Å². The summed E-state index contributed by atoms with van der Waals surface area (Å²) in [7, 11) is 1.94. The number of rotatable bonds is 5. The van der Waals surface area contributed by atoms with Crippen molar-refractivity contribution in [3.63, 3.8) is 0 Å². The highest BCUT2D eigenvalue weighted by molar-refractivity contribution is 6.08. The number of anilines is 1. The molecule has 0 spiro atoms. The molecular formula is C42H56N8O4. The van der Waals surface area contributed by atoms with Gasteiger partial charge in [-0.3, -0.25) is 4.98 Å². The quantitative estimate of drug-likeness (QED) is 0.210. The number of morpholine rings is 1. The molecule has 3 aromatic heterocycles. The van der Waals surface area contributed by atoms with E-state index in [1.54, 1.807) is 4.90 Å². The molecule has 8 rings (SSSR count). The Kier molecular flexibility index (Phi) is 11.2. The Bertz CT molecular complexity index is 2010. The predicted octanol–water partition coefficient (Wildman–Crippen LogP) is 6.75. The highest BCUT2D eigenvalue weighted by Gasteiger charge is 2.31. The molecule has 1 N–H and O–H groups in total. The normalized spacial score (nSPS) is 20.5. The highest BCUT2D eigenvalue weighted by atomic mass is 16.6. The van der Waals surface area contributed by atoms with Crippen LogP contribution in [0, 0.1) is 12.8 Å². The number of benzene rings is 2. The van der Waals surface area contributed by atoms with Crippen LogP contribution in [0.25, 0.3) is 33.2 Å². The topological polar surface area (TPSA) is 112 Å². The third-order valence-electron chi connectivity index (χ3n) is 10.6. The van der Waals surface area contributed by atoms with Crippen molar-refractivity contribution in [2.45, 2.75) is 78.2 Å². The molecule has 54 heavy (non-hydrogen) atoms. The molecule has 0 aliphatic carbocycles. The summed E-state index contributed by atoms with van der Waals surface area (Å²) in [6.45, 7) is 18.5. The fourth-order valence-electron chi connectivity index (χ4n) is 8.26. The zero-order chi connectivity index (χ0) is 38.0. The number of hydrogen-bond acceptors (Lipinski definition) is 9. The molecule has 3 saturated heterocycles. The standard InChI is InChI=1S/C33H38N6O2.C9H18N2O2/c1-21-19-38(20-22(2)41-21)27-10-11-29-28(17-27)31-30(16-26(18-34-31)32-23(3)35-36-37(32)4)39(29)33(24-8-6-5-7-9-24)25-12-14-40-15-13-25;1-9(2,3)13-8(12)11-6-4-10-5-7-11/h5-11,16-18,21-22,25,33H,12-15,19-20H2,1-4H3;10H,4-7H2,1-3H3/t21-,22+,33-;/m1./s1. The fraction of sp³-hybridized carbons (Fsp3) is 0.524. The molecular weight excluding hydrogens is 681 g/mol. The van der Waals surface area contributed by atoms with Gasteiger partial charge < -0.3 is 33.9 Å². The molecule has 0 bridgehead atoms. The van der Waals surface area contributed by atoms with Crippen LogP contribution in [-0.4, -0.2) is 106 Å². The van der Waals surface area contributed by atoms with Crippen molar-refractivity contribution in [1.82, 2.24) is 34.8 Å². The van der Waals surface area contributed by atoms with E-state index in [0.717, 1.165) is 93.3 Å². The first kappa shape index (κ1) is 37.8. The predicted molar refractivity (Wildman–Crippen MR) is 213 cm³/mol. The summed E-state index contributed by atoms with van der Waals surface area (Å²) in [6.07, 6.45) is 4.23. The first-order valence-electron chi connectivity index (χ1n) is 19.5. The van der Waals surface area contributed by atoms with Crippen molar-refractivity contribution < 1.29 is 19.0 Å². The minimum Gasteiger partial charge on any atom is -0.444 e. The summed E-state index contributed by atoms with van der Waals surface area (Å²) in [5, 5.41) is 13.0. The van der Waals surface area contributed by atoms with Gasteiger partial charge in [-0.15, -0.1) is 5.10 Å². The number of carbonyl (C=O) groups excluding carboxylic acids is 1. The Hall–Kier alpha value is -4.52. The lowest BCUT2D eigenvalue weighted by atomic mass is 9.86. The Labute approximate surface area is 318 Å². The van der Waals surface area contributed by atoms with E-state index in [-0.39, 0.29) is 29.9 Å².